The zero-order valence-electron chi connectivity index (χ0n) is 25.9. The molecule has 0 saturated carbocycles. The first kappa shape index (κ1) is 33.1. The van der Waals surface area contributed by atoms with Crippen molar-refractivity contribution in [1.29, 1.82) is 10.5 Å². The number of ether oxygens (including phenoxy) is 3. The number of hydrogen-bond donors (Lipinski definition) is 1. The maximum Gasteiger partial charge on any atom is 0.442 e. The summed E-state index contributed by atoms with van der Waals surface area (Å²) < 4.78 is 33.8. The second-order valence-corrected chi connectivity index (χ2v) is 13.2. The largest absolute Gasteiger partial charge is 0.493 e. The molecule has 46 heavy (non-hydrogen) atoms. The monoisotopic (exact) mass is 638 g/mol. The molecule has 0 aliphatic rings. The number of carbonyl (C=O) groups is 2. The lowest BCUT2D eigenvalue weighted by molar-refractivity contribution is 0.0607. The topological polar surface area (TPSA) is 177 Å². The summed E-state index contributed by atoms with van der Waals surface area (Å²) in [6, 6.07) is 21.4. The second-order valence-electron chi connectivity index (χ2n) is 11.0. The summed E-state index contributed by atoms with van der Waals surface area (Å²) in [5, 5.41) is 29.8. The molecule has 0 spiro atoms. The third-order valence-corrected chi connectivity index (χ3v) is 8.00. The van der Waals surface area contributed by atoms with E-state index >= 15 is 0 Å². The van der Waals surface area contributed by atoms with Crippen molar-refractivity contribution in [2.75, 3.05) is 18.7 Å². The molecule has 0 fully saturated rings. The lowest BCUT2D eigenvalue weighted by atomic mass is 10.0. The Labute approximate surface area is 266 Å². The number of carbonyl (C=O) groups excluding carboxylic acids is 2. The van der Waals surface area contributed by atoms with Crippen LogP contribution in [-0.4, -0.2) is 45.4 Å². The summed E-state index contributed by atoms with van der Waals surface area (Å²) >= 11 is 0. The van der Waals surface area contributed by atoms with Crippen LogP contribution >= 0.6 is 0 Å². The normalized spacial score (nSPS) is 12.1. The second kappa shape index (κ2) is 13.5. The average Bonchev–Trinajstić information content (AvgIpc) is 3.00. The van der Waals surface area contributed by atoms with E-state index in [1.165, 1.54) is 43.7 Å². The molecule has 0 radical (unpaired) electrons. The number of nitrogens with zero attached hydrogens (tertiary/aromatic N) is 5. The smallest absolute Gasteiger partial charge is 0.442 e. The van der Waals surface area contributed by atoms with E-state index in [2.05, 4.69) is 25.9 Å². The van der Waals surface area contributed by atoms with E-state index < -0.39 is 27.3 Å². The summed E-state index contributed by atoms with van der Waals surface area (Å²) in [5.41, 5.74) is 1.65. The molecule has 1 heterocycles. The van der Waals surface area contributed by atoms with Crippen LogP contribution in [-0.2, 0) is 14.5 Å². The highest BCUT2D eigenvalue weighted by Crippen LogP contribution is 2.36. The van der Waals surface area contributed by atoms with Gasteiger partial charge in [-0.3, -0.25) is 4.79 Å². The quantitative estimate of drug-likeness (QED) is 0.231. The number of anilines is 1. The highest BCUT2D eigenvalue weighted by molar-refractivity contribution is 7.93. The van der Waals surface area contributed by atoms with Crippen molar-refractivity contribution in [3.63, 3.8) is 0 Å². The maximum absolute atomic E-state index is 13.9. The number of amides is 2. The lowest BCUT2D eigenvalue weighted by Gasteiger charge is -2.18. The zero-order valence-corrected chi connectivity index (χ0v) is 26.8. The van der Waals surface area contributed by atoms with Gasteiger partial charge in [0.1, 0.15) is 11.2 Å². The first-order chi connectivity index (χ1) is 21.7. The van der Waals surface area contributed by atoms with Gasteiger partial charge in [-0.2, -0.15) is 10.5 Å². The van der Waals surface area contributed by atoms with Crippen molar-refractivity contribution in [3.05, 3.63) is 89.0 Å². The fourth-order valence-corrected chi connectivity index (χ4v) is 5.32. The number of benzene rings is 3. The minimum Gasteiger partial charge on any atom is -0.493 e. The predicted octanol–water partition coefficient (Wildman–Crippen LogP) is 6.64. The Morgan fingerprint density at radius 3 is 2.24 bits per heavy atom. The number of aromatic nitrogens is 2. The molecular formula is C33H30N6O6S. The van der Waals surface area contributed by atoms with Crippen LogP contribution in [0.2, 0.25) is 0 Å². The van der Waals surface area contributed by atoms with Crippen molar-refractivity contribution in [2.24, 2.45) is 4.36 Å². The van der Waals surface area contributed by atoms with Gasteiger partial charge >= 0.3 is 6.09 Å². The maximum atomic E-state index is 13.9. The molecule has 4 aromatic rings. The summed E-state index contributed by atoms with van der Waals surface area (Å²) in [6.45, 7) is 6.69. The van der Waals surface area contributed by atoms with Crippen molar-refractivity contribution in [3.8, 4) is 40.8 Å². The molecular weight excluding hydrogens is 608 g/mol. The van der Waals surface area contributed by atoms with Crippen molar-refractivity contribution in [2.45, 2.75) is 38.2 Å². The van der Waals surface area contributed by atoms with Gasteiger partial charge < -0.3 is 19.5 Å². The molecule has 0 aliphatic carbocycles. The Morgan fingerprint density at radius 1 is 0.935 bits per heavy atom. The van der Waals surface area contributed by atoms with Crippen LogP contribution in [0, 0.1) is 29.6 Å². The van der Waals surface area contributed by atoms with Crippen LogP contribution in [0.5, 0.6) is 17.4 Å². The standard InChI is InChI=1S/C33H30N6O6S/c1-20-28(30(40)36-24-8-7-9-25(17-24)46(6,42)39-32(41)45-33(2,3)4)31(44-26-15-12-22(19-35)16-27(26)43-5)38-37-29(20)23-13-10-21(18-34)11-14-23/h7-17H,1-6H3,(H,36,40). The van der Waals surface area contributed by atoms with E-state index in [1.54, 1.807) is 64.1 Å². The van der Waals surface area contributed by atoms with E-state index in [0.29, 0.717) is 27.9 Å². The molecule has 0 bridgehead atoms. The molecule has 1 unspecified atom stereocenters. The molecule has 3 aromatic carbocycles. The molecule has 0 aliphatic heterocycles. The van der Waals surface area contributed by atoms with Gasteiger partial charge in [0.2, 0.25) is 0 Å². The first-order valence-electron chi connectivity index (χ1n) is 13.7. The van der Waals surface area contributed by atoms with Crippen LogP contribution in [0.3, 0.4) is 0 Å². The first-order valence-corrected chi connectivity index (χ1v) is 15.7. The number of methoxy groups -OCH3 is 1. The van der Waals surface area contributed by atoms with Crippen LogP contribution in [0.15, 0.2) is 76.0 Å². The molecule has 1 aromatic heterocycles. The Morgan fingerprint density at radius 2 is 1.61 bits per heavy atom. The molecule has 234 valence electrons. The highest BCUT2D eigenvalue weighted by atomic mass is 32.2. The average molecular weight is 639 g/mol. The third kappa shape index (κ3) is 7.83. The van der Waals surface area contributed by atoms with Gasteiger partial charge in [-0.1, -0.05) is 18.2 Å². The van der Waals surface area contributed by atoms with Gasteiger partial charge in [0, 0.05) is 28.5 Å². The molecule has 4 rings (SSSR count). The molecule has 2 amide bonds. The fourth-order valence-electron chi connectivity index (χ4n) is 4.22. The molecule has 13 heteroatoms. The van der Waals surface area contributed by atoms with Crippen molar-refractivity contribution < 1.29 is 28.0 Å². The Bertz CT molecular complexity index is 2030. The molecule has 1 N–H and O–H groups in total. The Kier molecular flexibility index (Phi) is 9.69. The minimum absolute atomic E-state index is 0.0295. The summed E-state index contributed by atoms with van der Waals surface area (Å²) in [7, 11) is -1.82. The van der Waals surface area contributed by atoms with E-state index in [-0.39, 0.29) is 33.5 Å². The molecule has 12 nitrogen and oxygen atoms in total. The Balaban J connectivity index is 1.77. The third-order valence-electron chi connectivity index (χ3n) is 6.37. The summed E-state index contributed by atoms with van der Waals surface area (Å²) in [4.78, 5) is 26.4. The van der Waals surface area contributed by atoms with Gasteiger partial charge in [0.15, 0.2) is 11.5 Å². The number of nitriles is 2. The van der Waals surface area contributed by atoms with E-state index in [1.807, 2.05) is 6.07 Å². The summed E-state index contributed by atoms with van der Waals surface area (Å²) in [6.07, 6.45) is 0.332. The predicted molar refractivity (Wildman–Crippen MR) is 170 cm³/mol. The minimum atomic E-state index is -3.23. The van der Waals surface area contributed by atoms with Gasteiger partial charge in [0.25, 0.3) is 11.8 Å². The van der Waals surface area contributed by atoms with Gasteiger partial charge in [-0.25, -0.2) is 9.00 Å². The van der Waals surface area contributed by atoms with Gasteiger partial charge in [0.05, 0.1) is 45.8 Å². The number of hydrogen-bond acceptors (Lipinski definition) is 10. The van der Waals surface area contributed by atoms with Crippen LogP contribution in [0.1, 0.15) is 47.8 Å². The molecule has 0 saturated heterocycles. The lowest BCUT2D eigenvalue weighted by Crippen LogP contribution is -2.22. The highest BCUT2D eigenvalue weighted by Gasteiger charge is 2.25. The van der Waals surface area contributed by atoms with Crippen molar-refractivity contribution >= 4 is 27.4 Å². The van der Waals surface area contributed by atoms with E-state index in [9.17, 15) is 24.3 Å². The SMILES string of the molecule is COc1cc(C#N)ccc1Oc1nnc(-c2ccc(C#N)cc2)c(C)c1C(=O)Nc1cccc(S(C)(=O)=NC(=O)OC(C)(C)C)c1. The van der Waals surface area contributed by atoms with E-state index in [4.69, 9.17) is 14.2 Å². The number of rotatable bonds is 7. The zero-order chi connectivity index (χ0) is 33.6. The van der Waals surface area contributed by atoms with E-state index in [0.717, 1.165) is 0 Å². The number of nitrogens with one attached hydrogen (secondary N) is 1. The fraction of sp³-hybridized carbons (Fsp3) is 0.212. The van der Waals surface area contributed by atoms with Crippen molar-refractivity contribution in [1.82, 2.24) is 10.2 Å². The van der Waals surface area contributed by atoms with Crippen LogP contribution in [0.25, 0.3) is 11.3 Å². The van der Waals surface area contributed by atoms with Crippen LogP contribution in [0.4, 0.5) is 10.5 Å². The Hall–Kier alpha value is -5.79. The van der Waals surface area contributed by atoms with Gasteiger partial charge in [-0.05, 0) is 75.7 Å². The summed E-state index contributed by atoms with van der Waals surface area (Å²) in [5.74, 6) is -0.355. The van der Waals surface area contributed by atoms with Gasteiger partial charge in [-0.15, -0.1) is 14.6 Å². The van der Waals surface area contributed by atoms with Crippen LogP contribution < -0.4 is 14.8 Å². The molecule has 1 atom stereocenters.